The van der Waals surface area contributed by atoms with Crippen LogP contribution in [0, 0.1) is 6.92 Å². The molecule has 112 valence electrons. The van der Waals surface area contributed by atoms with Crippen LogP contribution in [-0.2, 0) is 9.84 Å². The number of rotatable bonds is 5. The summed E-state index contributed by atoms with van der Waals surface area (Å²) in [6, 6.07) is 6.80. The molecule has 1 aromatic carbocycles. The van der Waals surface area contributed by atoms with Gasteiger partial charge in [0.2, 0.25) is 5.95 Å². The lowest BCUT2D eigenvalue weighted by Gasteiger charge is -2.07. The SMILES string of the molecule is CCNc1ncc(C)c(Sc2ccc(S(C)(=O)=O)cc2)n1. The Morgan fingerprint density at radius 3 is 2.48 bits per heavy atom. The van der Waals surface area contributed by atoms with E-state index >= 15 is 0 Å². The summed E-state index contributed by atoms with van der Waals surface area (Å²) in [5.74, 6) is 0.596. The molecule has 2 aromatic rings. The molecule has 0 unspecified atom stereocenters. The fourth-order valence-corrected chi connectivity index (χ4v) is 3.11. The average Bonchev–Trinajstić information content (AvgIpc) is 2.42. The first kappa shape index (κ1) is 15.8. The second-order valence-electron chi connectivity index (χ2n) is 4.56. The summed E-state index contributed by atoms with van der Waals surface area (Å²) >= 11 is 1.49. The summed E-state index contributed by atoms with van der Waals surface area (Å²) in [6.45, 7) is 4.69. The van der Waals surface area contributed by atoms with Gasteiger partial charge in [0.1, 0.15) is 5.03 Å². The molecule has 0 spiro atoms. The molecule has 21 heavy (non-hydrogen) atoms. The van der Waals surface area contributed by atoms with E-state index in [1.165, 1.54) is 18.0 Å². The lowest BCUT2D eigenvalue weighted by atomic mass is 10.4. The molecular formula is C14H17N3O2S2. The van der Waals surface area contributed by atoms with Gasteiger partial charge in [0.25, 0.3) is 0 Å². The molecule has 1 heterocycles. The highest BCUT2D eigenvalue weighted by atomic mass is 32.2. The molecule has 0 radical (unpaired) electrons. The fraction of sp³-hybridized carbons (Fsp3) is 0.286. The second-order valence-corrected chi connectivity index (χ2v) is 7.64. The van der Waals surface area contributed by atoms with Crippen molar-refractivity contribution in [1.29, 1.82) is 0 Å². The topological polar surface area (TPSA) is 72.0 Å². The van der Waals surface area contributed by atoms with Crippen molar-refractivity contribution < 1.29 is 8.42 Å². The van der Waals surface area contributed by atoms with Crippen molar-refractivity contribution in [2.45, 2.75) is 28.7 Å². The zero-order valence-electron chi connectivity index (χ0n) is 12.1. The van der Waals surface area contributed by atoms with Gasteiger partial charge < -0.3 is 5.32 Å². The average molecular weight is 323 g/mol. The summed E-state index contributed by atoms with van der Waals surface area (Å²) < 4.78 is 22.9. The molecule has 0 aliphatic heterocycles. The van der Waals surface area contributed by atoms with E-state index in [1.54, 1.807) is 30.5 Å². The number of aromatic nitrogens is 2. The summed E-state index contributed by atoms with van der Waals surface area (Å²) in [5, 5.41) is 3.93. The number of benzene rings is 1. The molecule has 0 atom stereocenters. The number of aryl methyl sites for hydroxylation is 1. The lowest BCUT2D eigenvalue weighted by molar-refractivity contribution is 0.602. The van der Waals surface area contributed by atoms with E-state index in [-0.39, 0.29) is 0 Å². The van der Waals surface area contributed by atoms with E-state index in [9.17, 15) is 8.42 Å². The maximum atomic E-state index is 11.4. The van der Waals surface area contributed by atoms with Gasteiger partial charge in [-0.2, -0.15) is 0 Å². The lowest BCUT2D eigenvalue weighted by Crippen LogP contribution is -2.03. The molecule has 0 aliphatic carbocycles. The zero-order chi connectivity index (χ0) is 15.5. The summed E-state index contributed by atoms with van der Waals surface area (Å²) in [5.41, 5.74) is 0.980. The highest BCUT2D eigenvalue weighted by Gasteiger charge is 2.09. The highest BCUT2D eigenvalue weighted by Crippen LogP contribution is 2.29. The minimum atomic E-state index is -3.16. The third-order valence-electron chi connectivity index (χ3n) is 2.73. The third kappa shape index (κ3) is 4.18. The Bertz CT molecular complexity index is 728. The van der Waals surface area contributed by atoms with Crippen LogP contribution in [0.2, 0.25) is 0 Å². The molecule has 0 fully saturated rings. The van der Waals surface area contributed by atoms with E-state index in [2.05, 4.69) is 15.3 Å². The Balaban J connectivity index is 2.23. The maximum absolute atomic E-state index is 11.4. The second kappa shape index (κ2) is 6.44. The van der Waals surface area contributed by atoms with Crippen LogP contribution in [0.3, 0.4) is 0 Å². The highest BCUT2D eigenvalue weighted by molar-refractivity contribution is 7.99. The van der Waals surface area contributed by atoms with Gasteiger partial charge in [-0.15, -0.1) is 0 Å². The van der Waals surface area contributed by atoms with Crippen LogP contribution in [-0.4, -0.2) is 31.2 Å². The summed E-state index contributed by atoms with van der Waals surface area (Å²) in [7, 11) is -3.16. The minimum Gasteiger partial charge on any atom is -0.354 e. The van der Waals surface area contributed by atoms with Crippen molar-refractivity contribution >= 4 is 27.5 Å². The normalized spacial score (nSPS) is 11.4. The summed E-state index contributed by atoms with van der Waals surface area (Å²) in [4.78, 5) is 9.91. The van der Waals surface area contributed by atoms with E-state index in [1.807, 2.05) is 13.8 Å². The molecule has 2 rings (SSSR count). The van der Waals surface area contributed by atoms with Crippen LogP contribution in [0.1, 0.15) is 12.5 Å². The predicted molar refractivity (Wildman–Crippen MR) is 84.6 cm³/mol. The predicted octanol–water partition coefficient (Wildman–Crippen LogP) is 2.77. The van der Waals surface area contributed by atoms with Crippen LogP contribution in [0.4, 0.5) is 5.95 Å². The first-order valence-electron chi connectivity index (χ1n) is 6.45. The number of anilines is 1. The Kier molecular flexibility index (Phi) is 4.84. The third-order valence-corrected chi connectivity index (χ3v) is 4.97. The van der Waals surface area contributed by atoms with Crippen LogP contribution >= 0.6 is 11.8 Å². The molecule has 0 bridgehead atoms. The Morgan fingerprint density at radius 1 is 1.24 bits per heavy atom. The molecule has 0 saturated heterocycles. The molecule has 1 N–H and O–H groups in total. The molecule has 1 aromatic heterocycles. The first-order valence-corrected chi connectivity index (χ1v) is 9.16. The van der Waals surface area contributed by atoms with Gasteiger partial charge in [-0.05, 0) is 38.1 Å². The maximum Gasteiger partial charge on any atom is 0.223 e. The van der Waals surface area contributed by atoms with Gasteiger partial charge in [-0.1, -0.05) is 11.8 Å². The Morgan fingerprint density at radius 2 is 1.90 bits per heavy atom. The number of hydrogen-bond donors (Lipinski definition) is 1. The van der Waals surface area contributed by atoms with Gasteiger partial charge in [-0.25, -0.2) is 18.4 Å². The van der Waals surface area contributed by atoms with E-state index in [4.69, 9.17) is 0 Å². The van der Waals surface area contributed by atoms with Gasteiger partial charge >= 0.3 is 0 Å². The van der Waals surface area contributed by atoms with E-state index in [0.717, 1.165) is 22.0 Å². The first-order chi connectivity index (χ1) is 9.90. The van der Waals surface area contributed by atoms with Crippen LogP contribution in [0.25, 0.3) is 0 Å². The molecular weight excluding hydrogens is 306 g/mol. The van der Waals surface area contributed by atoms with Crippen LogP contribution < -0.4 is 5.32 Å². The Hall–Kier alpha value is -1.60. The van der Waals surface area contributed by atoms with Gasteiger partial charge in [0.05, 0.1) is 4.90 Å². The van der Waals surface area contributed by atoms with E-state index < -0.39 is 9.84 Å². The molecule has 0 aliphatic rings. The van der Waals surface area contributed by atoms with E-state index in [0.29, 0.717) is 10.8 Å². The van der Waals surface area contributed by atoms with Crippen LogP contribution in [0.5, 0.6) is 0 Å². The molecule has 5 nitrogen and oxygen atoms in total. The standard InChI is InChI=1S/C14H17N3O2S2/c1-4-15-14-16-9-10(2)13(17-14)20-11-5-7-12(8-6-11)21(3,18)19/h5-9H,4H2,1-3H3,(H,15,16,17). The van der Waals surface area contributed by atoms with Gasteiger partial charge in [0, 0.05) is 29.5 Å². The quantitative estimate of drug-likeness (QED) is 0.853. The number of hydrogen-bond acceptors (Lipinski definition) is 6. The van der Waals surface area contributed by atoms with Crippen molar-refractivity contribution in [3.63, 3.8) is 0 Å². The monoisotopic (exact) mass is 323 g/mol. The summed E-state index contributed by atoms with van der Waals surface area (Å²) in [6.07, 6.45) is 2.98. The van der Waals surface area contributed by atoms with Crippen molar-refractivity contribution in [1.82, 2.24) is 9.97 Å². The largest absolute Gasteiger partial charge is 0.354 e. The van der Waals surface area contributed by atoms with Crippen molar-refractivity contribution in [2.24, 2.45) is 0 Å². The van der Waals surface area contributed by atoms with Crippen molar-refractivity contribution in [3.05, 3.63) is 36.0 Å². The molecule has 0 saturated carbocycles. The Labute approximate surface area is 129 Å². The fourth-order valence-electron chi connectivity index (χ4n) is 1.64. The minimum absolute atomic E-state index is 0.319. The van der Waals surface area contributed by atoms with Gasteiger partial charge in [-0.3, -0.25) is 0 Å². The van der Waals surface area contributed by atoms with Gasteiger partial charge in [0.15, 0.2) is 9.84 Å². The smallest absolute Gasteiger partial charge is 0.223 e. The van der Waals surface area contributed by atoms with Crippen molar-refractivity contribution in [2.75, 3.05) is 18.1 Å². The number of nitrogens with one attached hydrogen (secondary N) is 1. The van der Waals surface area contributed by atoms with Crippen molar-refractivity contribution in [3.8, 4) is 0 Å². The molecule has 0 amide bonds. The number of nitrogens with zero attached hydrogens (tertiary/aromatic N) is 2. The number of sulfone groups is 1. The zero-order valence-corrected chi connectivity index (χ0v) is 13.8. The molecule has 7 heteroatoms. The van der Waals surface area contributed by atoms with Crippen LogP contribution in [0.15, 0.2) is 45.3 Å².